The monoisotopic (exact) mass is 914 g/mol. The number of rotatable bonds is 38. The van der Waals surface area contributed by atoms with Crippen LogP contribution < -0.4 is 0 Å². The SMILES string of the molecule is CCCCCC/C=C\CCCCCCCC(=O)OC[C@H](COP(=O)(O)O[C@H]1C(O)C(O)C(O)[C@@H](OP(=O)(O)O)C1O)OC(=O)CCCCCCC/C=C\CCCCCCCC. The second-order valence-corrected chi connectivity index (χ2v) is 18.7. The zero-order chi connectivity index (χ0) is 45.4. The van der Waals surface area contributed by atoms with Crippen molar-refractivity contribution < 1.29 is 76.9 Å². The second-order valence-electron chi connectivity index (χ2n) is 16.1. The second kappa shape index (κ2) is 34.8. The number of hydrogen-bond donors (Lipinski definition) is 7. The molecular formula is C43H80O16P2. The number of phosphoric ester groups is 2. The van der Waals surface area contributed by atoms with Crippen LogP contribution in [0.25, 0.3) is 0 Å². The molecule has 0 amide bonds. The van der Waals surface area contributed by atoms with Crippen molar-refractivity contribution in [3.05, 3.63) is 24.3 Å². The van der Waals surface area contributed by atoms with Crippen molar-refractivity contribution in [2.75, 3.05) is 13.2 Å². The number of carbonyl (C=O) groups excluding carboxylic acids is 2. The predicted octanol–water partition coefficient (Wildman–Crippen LogP) is 8.17. The van der Waals surface area contributed by atoms with Crippen molar-refractivity contribution in [3.63, 3.8) is 0 Å². The predicted molar refractivity (Wildman–Crippen MR) is 232 cm³/mol. The number of hydrogen-bond acceptors (Lipinski definition) is 13. The molecule has 61 heavy (non-hydrogen) atoms. The number of aliphatic hydroxyl groups is 4. The lowest BCUT2D eigenvalue weighted by Gasteiger charge is -2.43. The van der Waals surface area contributed by atoms with E-state index in [1.54, 1.807) is 0 Å². The standard InChI is InChI=1S/C43H80O16P2/c1-3-5-7-9-11-13-15-17-18-20-22-24-26-28-30-32-37(45)57-35(33-55-36(44)31-29-27-25-23-21-19-16-14-12-10-8-6-4-2)34-56-61(53,54)59-43-40(48)38(46)39(47)42(41(43)49)58-60(50,51)52/h14,16-18,35,38-43,46-49H,3-13,15,19-34H2,1-2H3,(H,53,54)(H2,50,51,52)/b16-14-,18-17-/t35-,38?,39?,40?,41?,42-,43+/m1/s1. The van der Waals surface area contributed by atoms with Crippen LogP contribution in [0, 0.1) is 0 Å². The Kier molecular flexibility index (Phi) is 32.8. The minimum absolute atomic E-state index is 0.0340. The lowest BCUT2D eigenvalue weighted by Crippen LogP contribution is -2.64. The lowest BCUT2D eigenvalue weighted by molar-refractivity contribution is -0.216. The van der Waals surface area contributed by atoms with E-state index >= 15 is 0 Å². The van der Waals surface area contributed by atoms with E-state index in [0.717, 1.165) is 77.0 Å². The summed E-state index contributed by atoms with van der Waals surface area (Å²) in [5.41, 5.74) is 0. The maximum atomic E-state index is 13.0. The Morgan fingerprint density at radius 2 is 0.902 bits per heavy atom. The third-order valence-electron chi connectivity index (χ3n) is 10.5. The molecule has 1 saturated carbocycles. The zero-order valence-corrected chi connectivity index (χ0v) is 38.6. The maximum absolute atomic E-state index is 13.0. The molecule has 0 spiro atoms. The van der Waals surface area contributed by atoms with E-state index in [4.69, 9.17) is 28.3 Å². The number of ether oxygens (including phenoxy) is 2. The molecule has 0 saturated heterocycles. The average molecular weight is 915 g/mol. The molecule has 0 aromatic rings. The molecule has 0 bridgehead atoms. The number of carbonyl (C=O) groups is 2. The van der Waals surface area contributed by atoms with Crippen LogP contribution >= 0.6 is 15.6 Å². The summed E-state index contributed by atoms with van der Waals surface area (Å²) in [5, 5.41) is 41.2. The Labute approximate surface area is 364 Å². The van der Waals surface area contributed by atoms with E-state index < -0.39 is 83.5 Å². The number of aliphatic hydroxyl groups excluding tert-OH is 4. The van der Waals surface area contributed by atoms with E-state index in [2.05, 4.69) is 42.7 Å². The van der Waals surface area contributed by atoms with Crippen molar-refractivity contribution >= 4 is 27.6 Å². The number of unbranched alkanes of at least 4 members (excludes halogenated alkanes) is 20. The van der Waals surface area contributed by atoms with Gasteiger partial charge in [-0.25, -0.2) is 9.13 Å². The summed E-state index contributed by atoms with van der Waals surface area (Å²) in [6.45, 7) is 3.07. The molecule has 0 radical (unpaired) electrons. The van der Waals surface area contributed by atoms with Crippen molar-refractivity contribution in [2.24, 2.45) is 0 Å². The first-order valence-corrected chi connectivity index (χ1v) is 25.9. The van der Waals surface area contributed by atoms with E-state index in [1.165, 1.54) is 64.2 Å². The third kappa shape index (κ3) is 29.5. The molecule has 0 heterocycles. The average Bonchev–Trinajstić information content (AvgIpc) is 3.21. The van der Waals surface area contributed by atoms with Gasteiger partial charge in [0.05, 0.1) is 6.61 Å². The Balaban J connectivity index is 2.63. The number of allylic oxidation sites excluding steroid dienone is 4. The van der Waals surface area contributed by atoms with Gasteiger partial charge in [0.1, 0.15) is 43.2 Å². The Morgan fingerprint density at radius 1 is 0.508 bits per heavy atom. The van der Waals surface area contributed by atoms with E-state index in [-0.39, 0.29) is 12.8 Å². The molecule has 5 unspecified atom stereocenters. The largest absolute Gasteiger partial charge is 0.472 e. The summed E-state index contributed by atoms with van der Waals surface area (Å²) in [6.07, 6.45) is 20.0. The van der Waals surface area contributed by atoms with Gasteiger partial charge in [-0.2, -0.15) is 0 Å². The molecule has 18 heteroatoms. The van der Waals surface area contributed by atoms with Crippen LogP contribution in [0.1, 0.15) is 181 Å². The van der Waals surface area contributed by atoms with Crippen LogP contribution in [-0.2, 0) is 41.8 Å². The van der Waals surface area contributed by atoms with Crippen molar-refractivity contribution in [3.8, 4) is 0 Å². The molecule has 1 rings (SSSR count). The van der Waals surface area contributed by atoms with Gasteiger partial charge in [0.25, 0.3) is 0 Å². The zero-order valence-electron chi connectivity index (χ0n) is 36.8. The Morgan fingerprint density at radius 3 is 1.36 bits per heavy atom. The first kappa shape index (κ1) is 57.5. The quantitative estimate of drug-likeness (QED) is 0.0133. The Hall–Kier alpha value is -1.52. The van der Waals surface area contributed by atoms with Gasteiger partial charge in [0.15, 0.2) is 6.10 Å². The highest BCUT2D eigenvalue weighted by atomic mass is 31.2. The normalized spacial score (nSPS) is 22.4. The number of esters is 2. The van der Waals surface area contributed by atoms with Gasteiger partial charge < -0.3 is 44.6 Å². The molecule has 0 aliphatic heterocycles. The Bertz CT molecular complexity index is 1290. The molecule has 7 N–H and O–H groups in total. The molecule has 0 aromatic carbocycles. The summed E-state index contributed by atoms with van der Waals surface area (Å²) < 4.78 is 49.3. The fourth-order valence-electron chi connectivity index (χ4n) is 6.90. The smallest absolute Gasteiger partial charge is 0.462 e. The molecule has 358 valence electrons. The van der Waals surface area contributed by atoms with Gasteiger partial charge in [0, 0.05) is 12.8 Å². The molecular weight excluding hydrogens is 834 g/mol. The van der Waals surface area contributed by atoms with Crippen LogP contribution in [0.2, 0.25) is 0 Å². The van der Waals surface area contributed by atoms with Gasteiger partial charge in [-0.3, -0.25) is 23.2 Å². The maximum Gasteiger partial charge on any atom is 0.472 e. The minimum Gasteiger partial charge on any atom is -0.462 e. The molecule has 1 fully saturated rings. The molecule has 8 atom stereocenters. The summed E-state index contributed by atoms with van der Waals surface area (Å²) in [4.78, 5) is 54.2. The van der Waals surface area contributed by atoms with E-state index in [0.29, 0.717) is 12.8 Å². The first-order chi connectivity index (χ1) is 29.1. The van der Waals surface area contributed by atoms with Crippen molar-refractivity contribution in [1.82, 2.24) is 0 Å². The summed E-state index contributed by atoms with van der Waals surface area (Å²) in [7, 11) is -10.7. The summed E-state index contributed by atoms with van der Waals surface area (Å²) in [6, 6.07) is 0. The van der Waals surface area contributed by atoms with Gasteiger partial charge in [-0.15, -0.1) is 0 Å². The van der Waals surface area contributed by atoms with Gasteiger partial charge in [-0.05, 0) is 64.2 Å². The molecule has 1 aliphatic rings. The van der Waals surface area contributed by atoms with Crippen molar-refractivity contribution in [1.29, 1.82) is 0 Å². The fraction of sp³-hybridized carbons (Fsp3) is 0.860. The lowest BCUT2D eigenvalue weighted by atomic mass is 9.85. The van der Waals surface area contributed by atoms with Gasteiger partial charge in [-0.1, -0.05) is 128 Å². The van der Waals surface area contributed by atoms with E-state index in [9.17, 15) is 44.0 Å². The molecule has 1 aliphatic carbocycles. The van der Waals surface area contributed by atoms with Crippen LogP contribution in [0.3, 0.4) is 0 Å². The van der Waals surface area contributed by atoms with Gasteiger partial charge in [0.2, 0.25) is 0 Å². The minimum atomic E-state index is -5.36. The highest BCUT2D eigenvalue weighted by Crippen LogP contribution is 2.49. The fourth-order valence-corrected chi connectivity index (χ4v) is 8.44. The van der Waals surface area contributed by atoms with Crippen LogP contribution in [0.5, 0.6) is 0 Å². The van der Waals surface area contributed by atoms with Crippen LogP contribution in [-0.4, -0.2) is 103 Å². The third-order valence-corrected chi connectivity index (χ3v) is 12.0. The van der Waals surface area contributed by atoms with Crippen LogP contribution in [0.15, 0.2) is 24.3 Å². The number of phosphoric acid groups is 2. The van der Waals surface area contributed by atoms with Crippen LogP contribution in [0.4, 0.5) is 0 Å². The first-order valence-electron chi connectivity index (χ1n) is 22.9. The summed E-state index contributed by atoms with van der Waals surface area (Å²) >= 11 is 0. The van der Waals surface area contributed by atoms with Gasteiger partial charge >= 0.3 is 27.6 Å². The molecule has 0 aromatic heterocycles. The summed E-state index contributed by atoms with van der Waals surface area (Å²) in [5.74, 6) is -1.22. The van der Waals surface area contributed by atoms with E-state index in [1.807, 2.05) is 0 Å². The highest BCUT2D eigenvalue weighted by molar-refractivity contribution is 7.47. The van der Waals surface area contributed by atoms with Crippen molar-refractivity contribution in [2.45, 2.75) is 224 Å². The topological polar surface area (TPSA) is 256 Å². The molecule has 16 nitrogen and oxygen atoms in total. The highest BCUT2D eigenvalue weighted by Gasteiger charge is 2.54.